The van der Waals surface area contributed by atoms with Gasteiger partial charge in [0.1, 0.15) is 5.82 Å². The summed E-state index contributed by atoms with van der Waals surface area (Å²) < 4.78 is 0. The van der Waals surface area contributed by atoms with Gasteiger partial charge < -0.3 is 10.2 Å². The minimum Gasteiger partial charge on any atom is -0.350 e. The van der Waals surface area contributed by atoms with Gasteiger partial charge in [-0.3, -0.25) is 14.8 Å². The zero-order chi connectivity index (χ0) is 20.1. The van der Waals surface area contributed by atoms with E-state index in [2.05, 4.69) is 31.5 Å². The van der Waals surface area contributed by atoms with Gasteiger partial charge in [-0.15, -0.1) is 0 Å². The van der Waals surface area contributed by atoms with Gasteiger partial charge in [-0.2, -0.15) is 10.4 Å². The Kier molecular flexibility index (Phi) is 6.39. The zero-order valence-corrected chi connectivity index (χ0v) is 16.6. The Bertz CT molecular complexity index is 854. The van der Waals surface area contributed by atoms with E-state index in [0.29, 0.717) is 18.7 Å². The predicted octanol–water partition coefficient (Wildman–Crippen LogP) is 1.02. The van der Waals surface area contributed by atoms with Crippen molar-refractivity contribution in [3.63, 3.8) is 0 Å². The Morgan fingerprint density at radius 2 is 2.29 bits per heavy atom. The molecule has 28 heavy (non-hydrogen) atoms. The second-order valence-electron chi connectivity index (χ2n) is 7.63. The van der Waals surface area contributed by atoms with E-state index in [9.17, 15) is 4.79 Å². The Morgan fingerprint density at radius 3 is 2.96 bits per heavy atom. The molecule has 2 atom stereocenters. The van der Waals surface area contributed by atoms with Crippen LogP contribution < -0.4 is 5.32 Å². The van der Waals surface area contributed by atoms with Crippen LogP contribution in [0.1, 0.15) is 35.1 Å². The minimum absolute atomic E-state index is 0.000542. The van der Waals surface area contributed by atoms with E-state index in [0.717, 1.165) is 36.7 Å². The highest BCUT2D eigenvalue weighted by molar-refractivity contribution is 5.78. The fourth-order valence-corrected chi connectivity index (χ4v) is 3.68. The normalized spacial score (nSPS) is 20.1. The number of aryl methyl sites for hydroxylation is 1. The first-order valence-corrected chi connectivity index (χ1v) is 9.49. The van der Waals surface area contributed by atoms with Crippen molar-refractivity contribution < 1.29 is 4.79 Å². The Hall–Kier alpha value is -2.76. The van der Waals surface area contributed by atoms with Gasteiger partial charge in [-0.05, 0) is 51.7 Å². The molecule has 148 valence electrons. The number of hydrogen-bond acceptors (Lipinski definition) is 6. The largest absolute Gasteiger partial charge is 0.350 e. The van der Waals surface area contributed by atoms with Crippen molar-refractivity contribution in [2.24, 2.45) is 0 Å². The molecule has 1 aliphatic heterocycles. The molecule has 1 aliphatic rings. The highest BCUT2D eigenvalue weighted by Crippen LogP contribution is 2.27. The Balaban J connectivity index is 1.73. The first kappa shape index (κ1) is 20.0. The van der Waals surface area contributed by atoms with E-state index in [1.54, 1.807) is 0 Å². The average Bonchev–Trinajstić information content (AvgIpc) is 3.07. The molecule has 8 nitrogen and oxygen atoms in total. The Morgan fingerprint density at radius 1 is 1.46 bits per heavy atom. The monoisotopic (exact) mass is 381 g/mol. The third-order valence-corrected chi connectivity index (χ3v) is 4.91. The standard InChI is InChI=1S/C20H27N7O/c1-14-22-20(25-24-14)17-7-8-27(11-16-6-4-5-15(9-16)10-21)12-18(17)23-19(28)13-26(2)3/h4-6,9,17-18H,7-8,11-13H2,1-3H3,(H,23,28)(H,22,24,25)/t17-,18+/m0/s1. The van der Waals surface area contributed by atoms with E-state index in [1.807, 2.05) is 50.2 Å². The second kappa shape index (κ2) is 8.95. The summed E-state index contributed by atoms with van der Waals surface area (Å²) in [5, 5.41) is 19.5. The number of likely N-dealkylation sites (tertiary alicyclic amines) is 1. The second-order valence-corrected chi connectivity index (χ2v) is 7.63. The lowest BCUT2D eigenvalue weighted by Crippen LogP contribution is -2.53. The van der Waals surface area contributed by atoms with Gasteiger partial charge in [0.05, 0.1) is 24.2 Å². The quantitative estimate of drug-likeness (QED) is 0.775. The number of carbonyl (C=O) groups excluding carboxylic acids is 1. The summed E-state index contributed by atoms with van der Waals surface area (Å²) in [5.74, 6) is 1.63. The molecule has 0 bridgehead atoms. The van der Waals surface area contributed by atoms with Gasteiger partial charge in [0, 0.05) is 19.0 Å². The van der Waals surface area contributed by atoms with Gasteiger partial charge >= 0.3 is 0 Å². The number of benzene rings is 1. The fourth-order valence-electron chi connectivity index (χ4n) is 3.68. The third-order valence-electron chi connectivity index (χ3n) is 4.91. The molecular formula is C20H27N7O. The van der Waals surface area contributed by atoms with Crippen molar-refractivity contribution in [1.29, 1.82) is 5.26 Å². The van der Waals surface area contributed by atoms with Crippen LogP contribution in [0, 0.1) is 18.3 Å². The van der Waals surface area contributed by atoms with Crippen LogP contribution in [0.3, 0.4) is 0 Å². The van der Waals surface area contributed by atoms with E-state index in [1.165, 1.54) is 0 Å². The van der Waals surface area contributed by atoms with Crippen LogP contribution in [-0.2, 0) is 11.3 Å². The van der Waals surface area contributed by atoms with E-state index in [-0.39, 0.29) is 17.9 Å². The molecule has 1 fully saturated rings. The molecule has 1 saturated heterocycles. The maximum atomic E-state index is 12.4. The lowest BCUT2D eigenvalue weighted by atomic mass is 9.90. The topological polar surface area (TPSA) is 101 Å². The number of hydrogen-bond donors (Lipinski definition) is 2. The van der Waals surface area contributed by atoms with Crippen molar-refractivity contribution in [1.82, 2.24) is 30.3 Å². The van der Waals surface area contributed by atoms with Crippen molar-refractivity contribution in [3.8, 4) is 6.07 Å². The SMILES string of the molecule is Cc1nc([C@H]2CCN(Cc3cccc(C#N)c3)C[C@H]2NC(=O)CN(C)C)n[nH]1. The van der Waals surface area contributed by atoms with Crippen LogP contribution in [0.4, 0.5) is 0 Å². The molecule has 2 heterocycles. The number of aromatic nitrogens is 3. The number of H-pyrrole nitrogens is 1. The smallest absolute Gasteiger partial charge is 0.234 e. The molecule has 0 radical (unpaired) electrons. The summed E-state index contributed by atoms with van der Waals surface area (Å²) in [5.41, 5.74) is 1.77. The first-order chi connectivity index (χ1) is 13.4. The maximum absolute atomic E-state index is 12.4. The summed E-state index contributed by atoms with van der Waals surface area (Å²) >= 11 is 0. The van der Waals surface area contributed by atoms with Crippen LogP contribution in [0.2, 0.25) is 0 Å². The highest BCUT2D eigenvalue weighted by Gasteiger charge is 2.34. The number of aromatic amines is 1. The number of piperidine rings is 1. The van der Waals surface area contributed by atoms with Gasteiger partial charge in [-0.25, -0.2) is 4.98 Å². The molecule has 0 unspecified atom stereocenters. The number of amides is 1. The summed E-state index contributed by atoms with van der Waals surface area (Å²) in [6, 6.07) is 9.80. The van der Waals surface area contributed by atoms with E-state index < -0.39 is 0 Å². The maximum Gasteiger partial charge on any atom is 0.234 e. The summed E-state index contributed by atoms with van der Waals surface area (Å²) in [4.78, 5) is 21.1. The van der Waals surface area contributed by atoms with E-state index in [4.69, 9.17) is 5.26 Å². The number of rotatable bonds is 6. The Labute approximate surface area is 165 Å². The van der Waals surface area contributed by atoms with Gasteiger partial charge in [-0.1, -0.05) is 12.1 Å². The van der Waals surface area contributed by atoms with Crippen molar-refractivity contribution >= 4 is 5.91 Å². The van der Waals surface area contributed by atoms with Crippen LogP contribution in [0.25, 0.3) is 0 Å². The van der Waals surface area contributed by atoms with Crippen molar-refractivity contribution in [2.45, 2.75) is 31.8 Å². The predicted molar refractivity (Wildman–Crippen MR) is 105 cm³/mol. The molecule has 0 spiro atoms. The molecule has 2 aromatic rings. The van der Waals surface area contributed by atoms with E-state index >= 15 is 0 Å². The molecule has 3 rings (SSSR count). The molecule has 0 saturated carbocycles. The summed E-state index contributed by atoms with van der Waals surface area (Å²) in [6.45, 7) is 4.58. The van der Waals surface area contributed by atoms with Crippen molar-refractivity contribution in [3.05, 3.63) is 47.0 Å². The van der Waals surface area contributed by atoms with Gasteiger partial charge in [0.25, 0.3) is 0 Å². The van der Waals surface area contributed by atoms with Gasteiger partial charge in [0.15, 0.2) is 5.82 Å². The van der Waals surface area contributed by atoms with Crippen LogP contribution in [0.5, 0.6) is 0 Å². The van der Waals surface area contributed by atoms with Crippen LogP contribution in [-0.4, -0.2) is 70.7 Å². The molecule has 8 heteroatoms. The zero-order valence-electron chi connectivity index (χ0n) is 16.6. The number of nitriles is 1. The lowest BCUT2D eigenvalue weighted by Gasteiger charge is -2.38. The van der Waals surface area contributed by atoms with Crippen LogP contribution >= 0.6 is 0 Å². The number of nitrogens with zero attached hydrogens (tertiary/aromatic N) is 5. The first-order valence-electron chi connectivity index (χ1n) is 9.49. The molecule has 1 amide bonds. The van der Waals surface area contributed by atoms with Gasteiger partial charge in [0.2, 0.25) is 5.91 Å². The molecule has 1 aromatic carbocycles. The highest BCUT2D eigenvalue weighted by atomic mass is 16.2. The summed E-state index contributed by atoms with van der Waals surface area (Å²) in [6.07, 6.45) is 0.863. The third kappa shape index (κ3) is 5.15. The van der Waals surface area contributed by atoms with Crippen molar-refractivity contribution in [2.75, 3.05) is 33.7 Å². The molecule has 2 N–H and O–H groups in total. The summed E-state index contributed by atoms with van der Waals surface area (Å²) in [7, 11) is 3.76. The lowest BCUT2D eigenvalue weighted by molar-refractivity contribution is -0.123. The number of carbonyl (C=O) groups is 1. The number of nitrogens with one attached hydrogen (secondary N) is 2. The molecule has 0 aliphatic carbocycles. The molecule has 1 aromatic heterocycles. The number of likely N-dealkylation sites (N-methyl/N-ethyl adjacent to an activating group) is 1. The average molecular weight is 381 g/mol. The molecular weight excluding hydrogens is 354 g/mol. The van der Waals surface area contributed by atoms with Crippen LogP contribution in [0.15, 0.2) is 24.3 Å². The minimum atomic E-state index is -0.0597. The fraction of sp³-hybridized carbons (Fsp3) is 0.500.